The van der Waals surface area contributed by atoms with Crippen molar-refractivity contribution in [2.75, 3.05) is 39.3 Å². The lowest BCUT2D eigenvalue weighted by Crippen LogP contribution is -2.32. The van der Waals surface area contributed by atoms with Crippen LogP contribution in [0.1, 0.15) is 182 Å². The molecule has 0 saturated carbocycles. The van der Waals surface area contributed by atoms with Gasteiger partial charge in [0.1, 0.15) is 34.3 Å². The van der Waals surface area contributed by atoms with Crippen LogP contribution in [0.15, 0.2) is 91.0 Å². The van der Waals surface area contributed by atoms with Crippen LogP contribution >= 0.6 is 24.0 Å². The van der Waals surface area contributed by atoms with E-state index in [9.17, 15) is 27.6 Å². The maximum Gasteiger partial charge on any atom is 0.407 e. The van der Waals surface area contributed by atoms with Crippen LogP contribution < -0.4 is 26.6 Å². The molecule has 0 unspecified atom stereocenters. The minimum atomic E-state index is -0.545. The number of alkyl carbamates (subject to hydrolysis) is 3. The third-order valence-corrected chi connectivity index (χ3v) is 12.1. The largest absolute Gasteiger partial charge is 0.444 e. The molecule has 0 bridgehead atoms. The maximum absolute atomic E-state index is 14.5. The normalized spacial score (nSPS) is 14.6. The molecule has 4 aromatic carbocycles. The zero-order valence-electron chi connectivity index (χ0n) is 44.9. The van der Waals surface area contributed by atoms with Gasteiger partial charge < -0.3 is 40.8 Å². The van der Waals surface area contributed by atoms with E-state index in [1.165, 1.54) is 23.8 Å². The first-order valence-electron chi connectivity index (χ1n) is 25.6. The highest BCUT2D eigenvalue weighted by atomic mass is 127. The number of hydrogen-bond donors (Lipinski definition) is 5. The van der Waals surface area contributed by atoms with E-state index in [-0.39, 0.29) is 90.4 Å². The van der Waals surface area contributed by atoms with Gasteiger partial charge in [-0.25, -0.2) is 27.6 Å². The summed E-state index contributed by atoms with van der Waals surface area (Å²) in [5.74, 6) is -0.0416. The summed E-state index contributed by atoms with van der Waals surface area (Å²) in [6.07, 6.45) is 5.29. The topological polar surface area (TPSA) is 142 Å². The molecular formula is C63H100F3IN6O6. The van der Waals surface area contributed by atoms with Gasteiger partial charge in [-0.05, 0) is 196 Å². The Hall–Kier alpha value is -5.17. The van der Waals surface area contributed by atoms with Crippen LogP contribution in [0.4, 0.5) is 27.6 Å². The van der Waals surface area contributed by atoms with Crippen LogP contribution in [0.5, 0.6) is 0 Å². The van der Waals surface area contributed by atoms with E-state index in [0.29, 0.717) is 25.2 Å². The molecule has 3 aliphatic rings. The Morgan fingerprint density at radius 1 is 0.532 bits per heavy atom. The predicted octanol–water partition coefficient (Wildman–Crippen LogP) is 15.6. The van der Waals surface area contributed by atoms with Gasteiger partial charge in [0.15, 0.2) is 0 Å². The second-order valence-corrected chi connectivity index (χ2v) is 21.8. The van der Waals surface area contributed by atoms with Crippen molar-refractivity contribution in [3.8, 4) is 0 Å². The summed E-state index contributed by atoms with van der Waals surface area (Å²) in [6.45, 7) is 23.6. The number of benzene rings is 4. The molecule has 3 amide bonds. The van der Waals surface area contributed by atoms with Crippen molar-refractivity contribution >= 4 is 47.8 Å². The van der Waals surface area contributed by atoms with Gasteiger partial charge in [0.25, 0.3) is 0 Å². The quantitative estimate of drug-likeness (QED) is 0.0733. The monoisotopic (exact) mass is 1220 g/mol. The molecule has 0 spiro atoms. The van der Waals surface area contributed by atoms with Crippen molar-refractivity contribution in [1.82, 2.24) is 31.5 Å². The van der Waals surface area contributed by atoms with Crippen LogP contribution in [-0.2, 0) is 40.4 Å². The SMILES string of the molecule is C.C.C.C.C.CC(C)(C)OC(=O)NCc1ccc(F)c(C2=CCN(Cc3ccccc3)CC2)c1.CC(C)(C)OC(=O)NCc1ccc(F)c(C2CCNCC2)c1.CC(C)(C)OC(=O)NCc1ccc(F)c(C2CCNCC2)c1.I. The van der Waals surface area contributed by atoms with Gasteiger partial charge in [0.05, 0.1) is 0 Å². The molecule has 3 aliphatic heterocycles. The number of carbonyl (C=O) groups is 3. The Morgan fingerprint density at radius 3 is 1.25 bits per heavy atom. The minimum Gasteiger partial charge on any atom is -0.444 e. The molecule has 0 radical (unpaired) electrons. The van der Waals surface area contributed by atoms with Crippen LogP contribution in [0, 0.1) is 17.5 Å². The Bertz CT molecular complexity index is 2350. The number of piperidine rings is 2. The molecule has 4 aromatic rings. The van der Waals surface area contributed by atoms with Gasteiger partial charge in [-0.15, -0.1) is 24.0 Å². The molecule has 2 fully saturated rings. The summed E-state index contributed by atoms with van der Waals surface area (Å²) in [4.78, 5) is 37.5. The fraction of sp³-hybridized carbons (Fsp3) is 0.540. The first-order valence-corrected chi connectivity index (χ1v) is 25.6. The molecule has 16 heteroatoms. The molecule has 5 N–H and O–H groups in total. The van der Waals surface area contributed by atoms with Crippen LogP contribution in [0.3, 0.4) is 0 Å². The molecule has 446 valence electrons. The predicted molar refractivity (Wildman–Crippen MR) is 331 cm³/mol. The first-order chi connectivity index (χ1) is 34.5. The Balaban J connectivity index is 0. The highest BCUT2D eigenvalue weighted by Gasteiger charge is 2.23. The van der Waals surface area contributed by atoms with Gasteiger partial charge >= 0.3 is 18.3 Å². The number of nitrogens with one attached hydrogen (secondary N) is 5. The lowest BCUT2D eigenvalue weighted by Gasteiger charge is -2.27. The number of hydrogen-bond acceptors (Lipinski definition) is 9. The third-order valence-electron chi connectivity index (χ3n) is 12.1. The highest BCUT2D eigenvalue weighted by molar-refractivity contribution is 14.0. The van der Waals surface area contributed by atoms with Crippen molar-refractivity contribution in [2.45, 2.75) is 186 Å². The number of amides is 3. The summed E-state index contributed by atoms with van der Waals surface area (Å²) >= 11 is 0. The van der Waals surface area contributed by atoms with E-state index in [0.717, 1.165) is 111 Å². The molecule has 3 heterocycles. The highest BCUT2D eigenvalue weighted by Crippen LogP contribution is 2.30. The molecule has 12 nitrogen and oxygen atoms in total. The second-order valence-electron chi connectivity index (χ2n) is 21.8. The van der Waals surface area contributed by atoms with Crippen molar-refractivity contribution in [2.24, 2.45) is 0 Å². The smallest absolute Gasteiger partial charge is 0.407 e. The third kappa shape index (κ3) is 28.2. The number of rotatable bonds is 11. The standard InChI is InChI=1S/C24H29FN2O2.2C17H25FN2O2.5CH4.HI/c1-24(2,3)29-23(28)26-16-19-9-10-22(25)21(15-19)20-11-13-27(14-12-20)17-18-7-5-4-6-8-18;2*1-17(2,3)22-16(21)20-11-12-4-5-15(18)14(10-12)13-6-8-19-9-7-13;;;;;;/h4-11,15H,12-14,16-17H2,1-3H3,(H,26,28);2*4-5,10,13,19H,6-9,11H2,1-3H3,(H,20,21);5*1H4;1H. The molecule has 0 atom stereocenters. The Morgan fingerprint density at radius 2 is 0.899 bits per heavy atom. The molecule has 0 aromatic heterocycles. The lowest BCUT2D eigenvalue weighted by atomic mass is 9.89. The van der Waals surface area contributed by atoms with Crippen LogP contribution in [0.25, 0.3) is 5.57 Å². The molecular weight excluding hydrogens is 1120 g/mol. The fourth-order valence-corrected chi connectivity index (χ4v) is 8.63. The van der Waals surface area contributed by atoms with Gasteiger partial charge in [-0.2, -0.15) is 0 Å². The number of ether oxygens (including phenoxy) is 3. The van der Waals surface area contributed by atoms with E-state index in [2.05, 4.69) is 49.7 Å². The minimum absolute atomic E-state index is 0. The van der Waals surface area contributed by atoms with Crippen molar-refractivity contribution in [1.29, 1.82) is 0 Å². The van der Waals surface area contributed by atoms with E-state index in [4.69, 9.17) is 14.2 Å². The van der Waals surface area contributed by atoms with Gasteiger partial charge in [-0.1, -0.05) is 104 Å². The zero-order valence-corrected chi connectivity index (χ0v) is 47.2. The Labute approximate surface area is 491 Å². The summed E-state index contributed by atoms with van der Waals surface area (Å²) in [5, 5.41) is 14.7. The Kier molecular flexibility index (Phi) is 34.8. The summed E-state index contributed by atoms with van der Waals surface area (Å²) in [5.41, 5.74) is 5.47. The summed E-state index contributed by atoms with van der Waals surface area (Å²) < 4.78 is 58.2. The number of nitrogens with zero attached hydrogens (tertiary/aromatic N) is 1. The van der Waals surface area contributed by atoms with Crippen molar-refractivity contribution in [3.05, 3.63) is 147 Å². The van der Waals surface area contributed by atoms with Crippen molar-refractivity contribution in [3.63, 3.8) is 0 Å². The zero-order chi connectivity index (χ0) is 53.2. The van der Waals surface area contributed by atoms with Crippen LogP contribution in [0.2, 0.25) is 0 Å². The van der Waals surface area contributed by atoms with Crippen molar-refractivity contribution < 1.29 is 41.8 Å². The van der Waals surface area contributed by atoms with Gasteiger partial charge in [-0.3, -0.25) is 4.90 Å². The number of carbonyl (C=O) groups excluding carboxylic acids is 3. The molecule has 2 saturated heterocycles. The molecule has 0 aliphatic carbocycles. The summed E-state index contributed by atoms with van der Waals surface area (Å²) in [6, 6.07) is 25.5. The first kappa shape index (κ1) is 75.9. The van der Waals surface area contributed by atoms with Gasteiger partial charge in [0.2, 0.25) is 0 Å². The molecule has 79 heavy (non-hydrogen) atoms. The average molecular weight is 1220 g/mol. The average Bonchev–Trinajstić information content (AvgIpc) is 3.33. The summed E-state index contributed by atoms with van der Waals surface area (Å²) in [7, 11) is 0. The van der Waals surface area contributed by atoms with Gasteiger partial charge in [0, 0.05) is 44.8 Å². The fourth-order valence-electron chi connectivity index (χ4n) is 8.63. The van der Waals surface area contributed by atoms with E-state index < -0.39 is 35.1 Å². The van der Waals surface area contributed by atoms with Crippen LogP contribution in [-0.4, -0.2) is 79.3 Å². The number of halogens is 4. The molecule has 7 rings (SSSR count). The lowest BCUT2D eigenvalue weighted by molar-refractivity contribution is 0.0512. The van der Waals surface area contributed by atoms with E-state index >= 15 is 0 Å². The maximum atomic E-state index is 14.5. The van der Waals surface area contributed by atoms with E-state index in [1.807, 2.05) is 98.7 Å². The van der Waals surface area contributed by atoms with E-state index in [1.54, 1.807) is 18.2 Å². The second kappa shape index (κ2) is 36.2.